The summed E-state index contributed by atoms with van der Waals surface area (Å²) in [7, 11) is -7.46. The minimum atomic E-state index is -3.75. The Morgan fingerprint density at radius 3 is 1.83 bits per heavy atom. The molecule has 2 fully saturated rings. The lowest BCUT2D eigenvalue weighted by molar-refractivity contribution is -0.125. The molecule has 18 heavy (non-hydrogen) atoms. The van der Waals surface area contributed by atoms with Gasteiger partial charge in [0, 0.05) is 0 Å². The Kier molecular flexibility index (Phi) is 2.42. The minimum absolute atomic E-state index is 1.22. The highest BCUT2D eigenvalue weighted by Gasteiger charge is 2.75. The van der Waals surface area contributed by atoms with Crippen LogP contribution in [0.4, 0.5) is 9.59 Å². The quantitative estimate of drug-likeness (QED) is 0.465. The predicted molar refractivity (Wildman–Crippen MR) is 50.4 cm³/mol. The summed E-state index contributed by atoms with van der Waals surface area (Å²) in [5.41, 5.74) is 0. The number of carbonyl (C=O) groups is 3. The van der Waals surface area contributed by atoms with Crippen LogP contribution in [0.5, 0.6) is 0 Å². The molecule has 2 rings (SSSR count). The lowest BCUT2D eigenvalue weighted by Gasteiger charge is -2.36. The van der Waals surface area contributed by atoms with Gasteiger partial charge in [0.25, 0.3) is 16.6 Å². The molecule has 2 aliphatic heterocycles. The highest BCUT2D eigenvalue weighted by Crippen LogP contribution is 2.48. The van der Waals surface area contributed by atoms with Crippen LogP contribution in [-0.4, -0.2) is 28.7 Å². The molecule has 0 bridgehead atoms. The number of fused-ring (bicyclic) bond motifs is 1. The van der Waals surface area contributed by atoms with Crippen LogP contribution in [0.25, 0.3) is 0 Å². The van der Waals surface area contributed by atoms with E-state index in [2.05, 4.69) is 0 Å². The van der Waals surface area contributed by atoms with Gasteiger partial charge in [-0.2, -0.15) is 0 Å². The topological polar surface area (TPSA) is 168 Å². The normalized spacial score (nSPS) is 33.7. The fourth-order valence-corrected chi connectivity index (χ4v) is 3.84. The molecular formula is C5H4N4O7P2. The van der Waals surface area contributed by atoms with E-state index in [-0.39, 0.29) is 0 Å². The van der Waals surface area contributed by atoms with E-state index < -0.39 is 44.0 Å². The lowest BCUT2D eigenvalue weighted by atomic mass is 10.2. The zero-order valence-corrected chi connectivity index (χ0v) is 10.0. The Labute approximate surface area is 98.7 Å². The maximum Gasteiger partial charge on any atom is 0.367 e. The number of nitrogens with one attached hydrogen (secondary N) is 4. The van der Waals surface area contributed by atoms with Crippen molar-refractivity contribution in [1.29, 1.82) is 0 Å². The average Bonchev–Trinajstić information content (AvgIpc) is 2.52. The van der Waals surface area contributed by atoms with Crippen LogP contribution in [0.2, 0.25) is 0 Å². The van der Waals surface area contributed by atoms with Gasteiger partial charge in [0.15, 0.2) is 0 Å². The molecule has 13 heteroatoms. The van der Waals surface area contributed by atoms with E-state index in [0.29, 0.717) is 0 Å². The summed E-state index contributed by atoms with van der Waals surface area (Å²) in [5.74, 6) is -1.46. The molecule has 0 aliphatic carbocycles. The summed E-state index contributed by atoms with van der Waals surface area (Å²) < 4.78 is 44.9. The van der Waals surface area contributed by atoms with Gasteiger partial charge < -0.3 is 5.32 Å². The van der Waals surface area contributed by atoms with Crippen LogP contribution in [0.3, 0.4) is 0 Å². The van der Waals surface area contributed by atoms with Gasteiger partial charge in [0.05, 0.1) is 0 Å². The molecule has 2 aliphatic rings. The fraction of sp³-hybridized carbons (Fsp3) is 0.400. The fourth-order valence-electron chi connectivity index (χ4n) is 1.76. The van der Waals surface area contributed by atoms with Gasteiger partial charge in [0.2, 0.25) is 0 Å². The van der Waals surface area contributed by atoms with Crippen LogP contribution in [0.15, 0.2) is 0 Å². The Hall–Kier alpha value is -1.99. The standard InChI is InChI=1S/C5H4N4O7P2/c10-1-4(17(13)14)5(18(15)16,8-2(11)6-1)9-3(12)7-4/h(H2,7,9,12)(H2,6,8,10,11). The predicted octanol–water partition coefficient (Wildman–Crippen LogP) is -1.17. The molecule has 0 spiro atoms. The van der Waals surface area contributed by atoms with Crippen molar-refractivity contribution in [1.82, 2.24) is 21.3 Å². The van der Waals surface area contributed by atoms with E-state index in [9.17, 15) is 32.6 Å². The molecule has 96 valence electrons. The molecule has 2 saturated heterocycles. The van der Waals surface area contributed by atoms with Crippen LogP contribution in [-0.2, 0) is 23.1 Å². The summed E-state index contributed by atoms with van der Waals surface area (Å²) in [6.45, 7) is 0. The number of urea groups is 2. The van der Waals surface area contributed by atoms with Crippen molar-refractivity contribution in [3.63, 3.8) is 0 Å². The molecule has 2 heterocycles. The van der Waals surface area contributed by atoms with E-state index in [1.165, 1.54) is 0 Å². The molecule has 5 amide bonds. The highest BCUT2D eigenvalue weighted by atomic mass is 31.1. The van der Waals surface area contributed by atoms with Crippen LogP contribution in [0, 0.1) is 0 Å². The number of imide groups is 1. The van der Waals surface area contributed by atoms with Crippen LogP contribution < -0.4 is 21.3 Å². The minimum Gasteiger partial charge on any atom is -0.307 e. The van der Waals surface area contributed by atoms with Gasteiger partial charge in [0.1, 0.15) is 0 Å². The smallest absolute Gasteiger partial charge is 0.307 e. The SMILES string of the molecule is O=C1NC(=O)C2(P(=O)=O)NC(=O)NC2(P(=O)=O)N1. The van der Waals surface area contributed by atoms with Gasteiger partial charge in [-0.25, -0.2) is 27.8 Å². The number of amides is 5. The summed E-state index contributed by atoms with van der Waals surface area (Å²) in [5, 5.41) is 1.18. The van der Waals surface area contributed by atoms with Gasteiger partial charge in [-0.1, -0.05) is 0 Å². The van der Waals surface area contributed by atoms with Crippen molar-refractivity contribution >= 4 is 33.3 Å². The number of hydrogen-bond acceptors (Lipinski definition) is 7. The molecule has 0 radical (unpaired) electrons. The second-order valence-corrected chi connectivity index (χ2v) is 5.79. The molecule has 2 unspecified atom stereocenters. The molecule has 0 saturated carbocycles. The van der Waals surface area contributed by atoms with E-state index in [1.807, 2.05) is 0 Å². The Balaban J connectivity index is 2.79. The van der Waals surface area contributed by atoms with E-state index in [1.54, 1.807) is 21.3 Å². The third-order valence-corrected chi connectivity index (χ3v) is 4.99. The molecule has 0 aromatic carbocycles. The van der Waals surface area contributed by atoms with E-state index in [0.717, 1.165) is 0 Å². The first-order valence-corrected chi connectivity index (χ1v) is 6.64. The third kappa shape index (κ3) is 1.22. The summed E-state index contributed by atoms with van der Waals surface area (Å²) in [4.78, 5) is 33.9. The van der Waals surface area contributed by atoms with Crippen molar-refractivity contribution in [2.24, 2.45) is 0 Å². The average molecular weight is 294 g/mol. The molecular weight excluding hydrogens is 290 g/mol. The van der Waals surface area contributed by atoms with Crippen molar-refractivity contribution in [3.8, 4) is 0 Å². The Morgan fingerprint density at radius 1 is 0.778 bits per heavy atom. The van der Waals surface area contributed by atoms with Crippen molar-refractivity contribution in [2.45, 2.75) is 10.7 Å². The first kappa shape index (κ1) is 12.5. The molecule has 2 atom stereocenters. The summed E-state index contributed by atoms with van der Waals surface area (Å²) >= 11 is 0. The zero-order valence-electron chi connectivity index (χ0n) is 8.25. The van der Waals surface area contributed by atoms with Crippen molar-refractivity contribution < 1.29 is 32.6 Å². The number of rotatable bonds is 2. The first-order chi connectivity index (χ1) is 8.26. The number of hydrogen-bond donors (Lipinski definition) is 4. The van der Waals surface area contributed by atoms with Crippen molar-refractivity contribution in [2.75, 3.05) is 0 Å². The zero-order chi connectivity index (χ0) is 13.7. The number of carbonyl (C=O) groups excluding carboxylic acids is 3. The Morgan fingerprint density at radius 2 is 1.33 bits per heavy atom. The molecule has 4 N–H and O–H groups in total. The maximum atomic E-state index is 11.6. The Bertz CT molecular complexity index is 607. The second kappa shape index (κ2) is 3.50. The van der Waals surface area contributed by atoms with E-state index in [4.69, 9.17) is 0 Å². The van der Waals surface area contributed by atoms with Crippen LogP contribution >= 0.6 is 15.4 Å². The van der Waals surface area contributed by atoms with Crippen molar-refractivity contribution in [3.05, 3.63) is 0 Å². The molecule has 0 aromatic rings. The van der Waals surface area contributed by atoms with Gasteiger partial charge >= 0.3 is 27.4 Å². The summed E-state index contributed by atoms with van der Waals surface area (Å²) in [6, 6.07) is -2.46. The monoisotopic (exact) mass is 294 g/mol. The highest BCUT2D eigenvalue weighted by molar-refractivity contribution is 7.40. The maximum absolute atomic E-state index is 11.6. The molecule has 0 aromatic heterocycles. The third-order valence-electron chi connectivity index (χ3n) is 2.51. The first-order valence-electron chi connectivity index (χ1n) is 4.29. The van der Waals surface area contributed by atoms with Gasteiger partial charge in [-0.3, -0.25) is 20.7 Å². The van der Waals surface area contributed by atoms with E-state index >= 15 is 0 Å². The lowest BCUT2D eigenvalue weighted by Crippen LogP contribution is -2.76. The molecule has 11 nitrogen and oxygen atoms in total. The van der Waals surface area contributed by atoms with Crippen LogP contribution in [0.1, 0.15) is 0 Å². The van der Waals surface area contributed by atoms with Gasteiger partial charge in [-0.15, -0.1) is 0 Å². The van der Waals surface area contributed by atoms with Gasteiger partial charge in [-0.05, 0) is 0 Å². The largest absolute Gasteiger partial charge is 0.367 e. The second-order valence-electron chi connectivity index (χ2n) is 3.42. The summed E-state index contributed by atoms with van der Waals surface area (Å²) in [6.07, 6.45) is 0.